The van der Waals surface area contributed by atoms with E-state index in [1.807, 2.05) is 24.4 Å². The second-order valence-corrected chi connectivity index (χ2v) is 5.43. The number of nitrogens with zero attached hydrogens (tertiary/aromatic N) is 3. The maximum absolute atomic E-state index is 5.27. The van der Waals surface area contributed by atoms with Crippen LogP contribution < -0.4 is 9.64 Å². The second kappa shape index (κ2) is 6.14. The fourth-order valence-electron chi connectivity index (χ4n) is 2.58. The number of anilines is 1. The Balaban J connectivity index is 1.77. The fourth-order valence-corrected chi connectivity index (χ4v) is 2.58. The summed E-state index contributed by atoms with van der Waals surface area (Å²) in [6.45, 7) is 4.28. The molecule has 0 radical (unpaired) electrons. The zero-order valence-electron chi connectivity index (χ0n) is 12.6. The van der Waals surface area contributed by atoms with Crippen molar-refractivity contribution in [2.24, 2.45) is 0 Å². The van der Waals surface area contributed by atoms with Gasteiger partial charge in [0, 0.05) is 37.9 Å². The first-order chi connectivity index (χ1) is 10.3. The fraction of sp³-hybridized carbons (Fsp3) is 0.353. The number of likely N-dealkylation sites (N-methyl/N-ethyl adjacent to an activating group) is 1. The molecular weight excluding hydrogens is 262 g/mol. The molecule has 110 valence electrons. The molecule has 2 aromatic rings. The van der Waals surface area contributed by atoms with E-state index in [9.17, 15) is 0 Å². The number of aromatic nitrogens is 1. The molecule has 4 nitrogen and oxygen atoms in total. The van der Waals surface area contributed by atoms with E-state index in [2.05, 4.69) is 40.0 Å². The third kappa shape index (κ3) is 3.16. The van der Waals surface area contributed by atoms with Gasteiger partial charge in [0.05, 0.1) is 7.11 Å². The van der Waals surface area contributed by atoms with E-state index in [0.29, 0.717) is 0 Å². The smallest absolute Gasteiger partial charge is 0.128 e. The number of ether oxygens (including phenoxy) is 1. The minimum Gasteiger partial charge on any atom is -0.497 e. The van der Waals surface area contributed by atoms with E-state index in [0.717, 1.165) is 48.9 Å². The largest absolute Gasteiger partial charge is 0.497 e. The monoisotopic (exact) mass is 283 g/mol. The number of hydrogen-bond donors (Lipinski definition) is 0. The lowest BCUT2D eigenvalue weighted by Crippen LogP contribution is -2.44. The van der Waals surface area contributed by atoms with Gasteiger partial charge in [-0.05, 0) is 36.9 Å². The summed E-state index contributed by atoms with van der Waals surface area (Å²) in [5.74, 6) is 1.94. The quantitative estimate of drug-likeness (QED) is 0.865. The molecule has 0 aliphatic carbocycles. The van der Waals surface area contributed by atoms with Crippen molar-refractivity contribution in [1.29, 1.82) is 0 Å². The van der Waals surface area contributed by atoms with Crippen molar-refractivity contribution < 1.29 is 4.74 Å². The maximum Gasteiger partial charge on any atom is 0.128 e. The zero-order valence-corrected chi connectivity index (χ0v) is 12.6. The van der Waals surface area contributed by atoms with Crippen LogP contribution in [0.4, 0.5) is 5.82 Å². The minimum atomic E-state index is 0.871. The van der Waals surface area contributed by atoms with Gasteiger partial charge in [0.2, 0.25) is 0 Å². The third-order valence-corrected chi connectivity index (χ3v) is 3.98. The summed E-state index contributed by atoms with van der Waals surface area (Å²) < 4.78 is 5.27. The number of hydrogen-bond acceptors (Lipinski definition) is 4. The van der Waals surface area contributed by atoms with Crippen LogP contribution in [0, 0.1) is 0 Å². The first-order valence-corrected chi connectivity index (χ1v) is 7.30. The average molecular weight is 283 g/mol. The lowest BCUT2D eigenvalue weighted by atomic mass is 10.1. The molecule has 1 fully saturated rings. The van der Waals surface area contributed by atoms with Crippen LogP contribution in [0.1, 0.15) is 0 Å². The van der Waals surface area contributed by atoms with Crippen LogP contribution in [0.3, 0.4) is 0 Å². The Hall–Kier alpha value is -2.07. The molecule has 0 atom stereocenters. The Morgan fingerprint density at radius 1 is 1.00 bits per heavy atom. The van der Waals surface area contributed by atoms with E-state index < -0.39 is 0 Å². The van der Waals surface area contributed by atoms with Gasteiger partial charge >= 0.3 is 0 Å². The van der Waals surface area contributed by atoms with Gasteiger partial charge in [0.1, 0.15) is 11.6 Å². The standard InChI is InChI=1S/C17H21N3O/c1-19-8-10-20(11-9-19)17-7-6-15(13-18-17)14-4-3-5-16(12-14)21-2/h3-7,12-13H,8-11H2,1-2H3. The average Bonchev–Trinajstić information content (AvgIpc) is 2.56. The number of benzene rings is 1. The molecular formula is C17H21N3O. The molecule has 1 aromatic carbocycles. The molecule has 0 bridgehead atoms. The van der Waals surface area contributed by atoms with Gasteiger partial charge in [0.15, 0.2) is 0 Å². The minimum absolute atomic E-state index is 0.871. The van der Waals surface area contributed by atoms with Gasteiger partial charge in [-0.15, -0.1) is 0 Å². The molecule has 0 N–H and O–H groups in total. The molecule has 1 aliphatic rings. The highest BCUT2D eigenvalue weighted by Gasteiger charge is 2.15. The molecule has 21 heavy (non-hydrogen) atoms. The number of pyridine rings is 1. The summed E-state index contributed by atoms with van der Waals surface area (Å²) >= 11 is 0. The van der Waals surface area contributed by atoms with E-state index in [1.165, 1.54) is 0 Å². The van der Waals surface area contributed by atoms with Gasteiger partial charge in [-0.25, -0.2) is 4.98 Å². The molecule has 0 amide bonds. The van der Waals surface area contributed by atoms with Gasteiger partial charge in [0.25, 0.3) is 0 Å². The molecule has 0 unspecified atom stereocenters. The normalized spacial score (nSPS) is 16.0. The van der Waals surface area contributed by atoms with E-state index in [4.69, 9.17) is 4.74 Å². The molecule has 1 saturated heterocycles. The number of piperazine rings is 1. The third-order valence-electron chi connectivity index (χ3n) is 3.98. The topological polar surface area (TPSA) is 28.6 Å². The van der Waals surface area contributed by atoms with Crippen molar-refractivity contribution in [3.8, 4) is 16.9 Å². The van der Waals surface area contributed by atoms with Crippen LogP contribution in [-0.2, 0) is 0 Å². The molecule has 0 spiro atoms. The molecule has 2 heterocycles. The van der Waals surface area contributed by atoms with Crippen LogP contribution in [0.5, 0.6) is 5.75 Å². The predicted octanol–water partition coefficient (Wildman–Crippen LogP) is 2.51. The van der Waals surface area contributed by atoms with Crippen LogP contribution >= 0.6 is 0 Å². The lowest BCUT2D eigenvalue weighted by Gasteiger charge is -2.33. The van der Waals surface area contributed by atoms with Crippen molar-refractivity contribution in [1.82, 2.24) is 9.88 Å². The summed E-state index contributed by atoms with van der Waals surface area (Å²) in [6, 6.07) is 12.3. The van der Waals surface area contributed by atoms with E-state index in [-0.39, 0.29) is 0 Å². The first kappa shape index (κ1) is 13.9. The Morgan fingerprint density at radius 2 is 1.81 bits per heavy atom. The highest BCUT2D eigenvalue weighted by Crippen LogP contribution is 2.24. The van der Waals surface area contributed by atoms with E-state index in [1.54, 1.807) is 7.11 Å². The summed E-state index contributed by atoms with van der Waals surface area (Å²) in [4.78, 5) is 9.32. The molecule has 4 heteroatoms. The lowest BCUT2D eigenvalue weighted by molar-refractivity contribution is 0.312. The highest BCUT2D eigenvalue weighted by atomic mass is 16.5. The summed E-state index contributed by atoms with van der Waals surface area (Å²) in [5, 5.41) is 0. The summed E-state index contributed by atoms with van der Waals surface area (Å²) in [7, 11) is 3.85. The van der Waals surface area contributed by atoms with Crippen LogP contribution in [0.25, 0.3) is 11.1 Å². The second-order valence-electron chi connectivity index (χ2n) is 5.43. The molecule has 0 saturated carbocycles. The van der Waals surface area contributed by atoms with Gasteiger partial charge < -0.3 is 14.5 Å². The van der Waals surface area contributed by atoms with Crippen LogP contribution in [0.2, 0.25) is 0 Å². The Bertz CT molecular complexity index is 589. The molecule has 1 aromatic heterocycles. The van der Waals surface area contributed by atoms with Gasteiger partial charge in [-0.3, -0.25) is 0 Å². The summed E-state index contributed by atoms with van der Waals surface area (Å²) in [6.07, 6.45) is 1.95. The number of rotatable bonds is 3. The zero-order chi connectivity index (χ0) is 14.7. The van der Waals surface area contributed by atoms with Crippen molar-refractivity contribution in [3.63, 3.8) is 0 Å². The Labute approximate surface area is 126 Å². The maximum atomic E-state index is 5.27. The van der Waals surface area contributed by atoms with Crippen LogP contribution in [0.15, 0.2) is 42.6 Å². The Kier molecular flexibility index (Phi) is 4.06. The van der Waals surface area contributed by atoms with Crippen molar-refractivity contribution in [2.45, 2.75) is 0 Å². The SMILES string of the molecule is COc1cccc(-c2ccc(N3CCN(C)CC3)nc2)c1. The number of methoxy groups -OCH3 is 1. The first-order valence-electron chi connectivity index (χ1n) is 7.30. The Morgan fingerprint density at radius 3 is 2.48 bits per heavy atom. The van der Waals surface area contributed by atoms with Gasteiger partial charge in [-0.1, -0.05) is 12.1 Å². The van der Waals surface area contributed by atoms with E-state index >= 15 is 0 Å². The highest BCUT2D eigenvalue weighted by molar-refractivity contribution is 5.65. The van der Waals surface area contributed by atoms with Gasteiger partial charge in [-0.2, -0.15) is 0 Å². The predicted molar refractivity (Wildman–Crippen MR) is 85.9 cm³/mol. The van der Waals surface area contributed by atoms with Crippen molar-refractivity contribution >= 4 is 5.82 Å². The van der Waals surface area contributed by atoms with Crippen molar-refractivity contribution in [2.75, 3.05) is 45.2 Å². The summed E-state index contributed by atoms with van der Waals surface area (Å²) in [5.41, 5.74) is 2.25. The van der Waals surface area contributed by atoms with Crippen LogP contribution in [-0.4, -0.2) is 50.2 Å². The van der Waals surface area contributed by atoms with Crippen molar-refractivity contribution in [3.05, 3.63) is 42.6 Å². The molecule has 1 aliphatic heterocycles. The molecule has 3 rings (SSSR count).